The highest BCUT2D eigenvalue weighted by atomic mass is 32.2. The number of H-pyrrole nitrogens is 2. The summed E-state index contributed by atoms with van der Waals surface area (Å²) in [5, 5.41) is 9.45. The van der Waals surface area contributed by atoms with Crippen LogP contribution in [0.5, 0.6) is 0 Å². The van der Waals surface area contributed by atoms with Crippen LogP contribution in [0, 0.1) is 5.82 Å². The van der Waals surface area contributed by atoms with Crippen molar-refractivity contribution in [1.29, 1.82) is 0 Å². The molecule has 184 valence electrons. The van der Waals surface area contributed by atoms with Gasteiger partial charge < -0.3 is 4.98 Å². The molecule has 4 aromatic heterocycles. The van der Waals surface area contributed by atoms with Crippen molar-refractivity contribution in [2.75, 3.05) is 12.0 Å². The molecule has 0 spiro atoms. The third-order valence-corrected chi connectivity index (χ3v) is 7.32. The SMILES string of the molecule is CS(=O)(=O)CCc1cc(F)cc(-c2nccc3[nH]c(-c4n[nH]c5ccc(-c6ccncc6)cc45)cc23)c1. The summed E-state index contributed by atoms with van der Waals surface area (Å²) in [5.74, 6) is -0.479. The Morgan fingerprint density at radius 3 is 2.43 bits per heavy atom. The summed E-state index contributed by atoms with van der Waals surface area (Å²) in [6.45, 7) is 0. The highest BCUT2D eigenvalue weighted by molar-refractivity contribution is 7.90. The van der Waals surface area contributed by atoms with Crippen molar-refractivity contribution in [1.82, 2.24) is 25.1 Å². The maximum absolute atomic E-state index is 14.5. The fourth-order valence-corrected chi connectivity index (χ4v) is 5.20. The number of rotatable bonds is 6. The number of aromatic amines is 2. The Morgan fingerprint density at radius 2 is 1.62 bits per heavy atom. The molecule has 6 rings (SSSR count). The Labute approximate surface area is 212 Å². The number of sulfone groups is 1. The molecule has 0 saturated heterocycles. The molecule has 7 nitrogen and oxygen atoms in total. The number of aromatic nitrogens is 5. The van der Waals surface area contributed by atoms with Crippen LogP contribution in [0.1, 0.15) is 5.56 Å². The molecule has 0 aliphatic heterocycles. The molecule has 0 atom stereocenters. The molecule has 0 bridgehead atoms. The van der Waals surface area contributed by atoms with Gasteiger partial charge in [0.15, 0.2) is 0 Å². The first-order chi connectivity index (χ1) is 17.8. The molecular weight excluding hydrogens is 489 g/mol. The fourth-order valence-electron chi connectivity index (χ4n) is 4.59. The van der Waals surface area contributed by atoms with Crippen LogP contribution in [0.15, 0.2) is 79.3 Å². The van der Waals surface area contributed by atoms with Gasteiger partial charge in [-0.05, 0) is 77.7 Å². The van der Waals surface area contributed by atoms with E-state index in [-0.39, 0.29) is 12.2 Å². The maximum atomic E-state index is 14.5. The Morgan fingerprint density at radius 1 is 0.811 bits per heavy atom. The summed E-state index contributed by atoms with van der Waals surface area (Å²) in [7, 11) is -3.16. The van der Waals surface area contributed by atoms with Crippen molar-refractivity contribution >= 4 is 31.6 Å². The van der Waals surface area contributed by atoms with Gasteiger partial charge in [-0.1, -0.05) is 6.07 Å². The van der Waals surface area contributed by atoms with Crippen molar-refractivity contribution in [3.8, 4) is 33.8 Å². The Hall–Kier alpha value is -4.37. The van der Waals surface area contributed by atoms with E-state index in [0.29, 0.717) is 16.8 Å². The topological polar surface area (TPSA) is 104 Å². The van der Waals surface area contributed by atoms with Crippen molar-refractivity contribution in [2.45, 2.75) is 6.42 Å². The number of nitrogens with one attached hydrogen (secondary N) is 2. The lowest BCUT2D eigenvalue weighted by atomic mass is 10.0. The Balaban J connectivity index is 1.44. The van der Waals surface area contributed by atoms with Crippen LogP contribution in [-0.2, 0) is 16.3 Å². The van der Waals surface area contributed by atoms with Crippen LogP contribution in [-0.4, -0.2) is 45.6 Å². The second kappa shape index (κ2) is 8.94. The largest absolute Gasteiger partial charge is 0.353 e. The van der Waals surface area contributed by atoms with Crippen LogP contribution >= 0.6 is 0 Å². The average Bonchev–Trinajstić information content (AvgIpc) is 3.51. The summed E-state index contributed by atoms with van der Waals surface area (Å²) in [6, 6.07) is 18.5. The number of fused-ring (bicyclic) bond motifs is 2. The number of hydrogen-bond acceptors (Lipinski definition) is 5. The molecule has 9 heteroatoms. The number of nitrogens with zero attached hydrogens (tertiary/aromatic N) is 3. The first kappa shape index (κ1) is 23.1. The highest BCUT2D eigenvalue weighted by Gasteiger charge is 2.16. The van der Waals surface area contributed by atoms with Gasteiger partial charge in [-0.2, -0.15) is 5.10 Å². The van der Waals surface area contributed by atoms with Crippen LogP contribution in [0.4, 0.5) is 4.39 Å². The molecule has 0 radical (unpaired) electrons. The molecule has 0 amide bonds. The molecule has 0 saturated carbocycles. The minimum absolute atomic E-state index is 0.0461. The summed E-state index contributed by atoms with van der Waals surface area (Å²) in [6.07, 6.45) is 6.61. The van der Waals surface area contributed by atoms with Crippen molar-refractivity contribution in [2.24, 2.45) is 0 Å². The number of pyridine rings is 2. The molecule has 0 aliphatic carbocycles. The zero-order chi connectivity index (χ0) is 25.6. The van der Waals surface area contributed by atoms with E-state index in [2.05, 4.69) is 31.2 Å². The smallest absolute Gasteiger partial charge is 0.147 e. The first-order valence-corrected chi connectivity index (χ1v) is 13.7. The van der Waals surface area contributed by atoms with E-state index >= 15 is 0 Å². The Bertz CT molecular complexity index is 1880. The molecular formula is C28H22FN5O2S. The second-order valence-electron chi connectivity index (χ2n) is 9.10. The van der Waals surface area contributed by atoms with Gasteiger partial charge in [-0.3, -0.25) is 15.1 Å². The van der Waals surface area contributed by atoms with Crippen LogP contribution < -0.4 is 0 Å². The third-order valence-electron chi connectivity index (χ3n) is 6.37. The molecule has 6 aromatic rings. The summed E-state index contributed by atoms with van der Waals surface area (Å²) < 4.78 is 37.7. The lowest BCUT2D eigenvalue weighted by Crippen LogP contribution is -2.06. The monoisotopic (exact) mass is 511 g/mol. The van der Waals surface area contributed by atoms with E-state index in [1.807, 2.05) is 36.4 Å². The fraction of sp³-hybridized carbons (Fsp3) is 0.107. The van der Waals surface area contributed by atoms with Crippen LogP contribution in [0.2, 0.25) is 0 Å². The lowest BCUT2D eigenvalue weighted by molar-refractivity contribution is 0.600. The quantitative estimate of drug-likeness (QED) is 0.305. The van der Waals surface area contributed by atoms with E-state index in [1.54, 1.807) is 24.7 Å². The van der Waals surface area contributed by atoms with E-state index < -0.39 is 15.7 Å². The lowest BCUT2D eigenvalue weighted by Gasteiger charge is -2.07. The predicted molar refractivity (Wildman–Crippen MR) is 143 cm³/mol. The maximum Gasteiger partial charge on any atom is 0.147 e. The molecule has 2 aromatic carbocycles. The van der Waals surface area contributed by atoms with E-state index in [1.165, 1.54) is 18.4 Å². The van der Waals surface area contributed by atoms with Gasteiger partial charge in [-0.15, -0.1) is 0 Å². The number of halogens is 1. The molecule has 2 N–H and O–H groups in total. The zero-order valence-electron chi connectivity index (χ0n) is 19.9. The Kier molecular flexibility index (Phi) is 5.57. The standard InChI is InChI=1S/C28H22FN5O2S/c1-37(35,36)11-7-17-12-20(14-21(29)13-17)27-23-16-26(32-24(23)6-10-31-27)28-22-15-19(2-3-25(22)33-34-28)18-4-8-30-9-5-18/h2-6,8-10,12-16,32H,7,11H2,1H3,(H,33,34). The molecule has 4 heterocycles. The van der Waals surface area contributed by atoms with Crippen LogP contribution in [0.25, 0.3) is 55.6 Å². The van der Waals surface area contributed by atoms with Gasteiger partial charge in [0, 0.05) is 46.7 Å². The summed E-state index contributed by atoms with van der Waals surface area (Å²) in [5.41, 5.74) is 7.23. The van der Waals surface area contributed by atoms with Crippen molar-refractivity contribution in [3.63, 3.8) is 0 Å². The number of hydrogen-bond donors (Lipinski definition) is 2. The van der Waals surface area contributed by atoms with Crippen molar-refractivity contribution in [3.05, 3.63) is 90.6 Å². The van der Waals surface area contributed by atoms with E-state index in [9.17, 15) is 12.8 Å². The first-order valence-electron chi connectivity index (χ1n) is 11.7. The summed E-state index contributed by atoms with van der Waals surface area (Å²) >= 11 is 0. The van der Waals surface area contributed by atoms with Gasteiger partial charge >= 0.3 is 0 Å². The molecule has 37 heavy (non-hydrogen) atoms. The predicted octanol–water partition coefficient (Wildman–Crippen LogP) is 5.56. The zero-order valence-corrected chi connectivity index (χ0v) is 20.7. The highest BCUT2D eigenvalue weighted by Crippen LogP contribution is 2.34. The number of aryl methyl sites for hydroxylation is 1. The third kappa shape index (κ3) is 4.61. The summed E-state index contributed by atoms with van der Waals surface area (Å²) in [4.78, 5) is 12.1. The second-order valence-corrected chi connectivity index (χ2v) is 11.4. The van der Waals surface area contributed by atoms with Gasteiger partial charge in [-0.25, -0.2) is 12.8 Å². The minimum atomic E-state index is -3.16. The van der Waals surface area contributed by atoms with Gasteiger partial charge in [0.1, 0.15) is 21.3 Å². The van der Waals surface area contributed by atoms with Gasteiger partial charge in [0.2, 0.25) is 0 Å². The van der Waals surface area contributed by atoms with Crippen molar-refractivity contribution < 1.29 is 12.8 Å². The molecule has 0 aliphatic rings. The minimum Gasteiger partial charge on any atom is -0.353 e. The normalized spacial score (nSPS) is 11.9. The van der Waals surface area contributed by atoms with Gasteiger partial charge in [0.25, 0.3) is 0 Å². The number of benzene rings is 2. The molecule has 0 unspecified atom stereocenters. The average molecular weight is 512 g/mol. The van der Waals surface area contributed by atoms with E-state index in [0.717, 1.165) is 44.3 Å². The van der Waals surface area contributed by atoms with Gasteiger partial charge in [0.05, 0.1) is 22.7 Å². The van der Waals surface area contributed by atoms with Crippen LogP contribution in [0.3, 0.4) is 0 Å². The van der Waals surface area contributed by atoms with E-state index in [4.69, 9.17) is 0 Å². The molecule has 0 fully saturated rings.